The molecule has 0 bridgehead atoms. The summed E-state index contributed by atoms with van der Waals surface area (Å²) in [6, 6.07) is 10.1. The molecule has 0 aliphatic heterocycles. The van der Waals surface area contributed by atoms with Crippen LogP contribution in [0.5, 0.6) is 0 Å². The van der Waals surface area contributed by atoms with Crippen molar-refractivity contribution in [2.75, 3.05) is 29.1 Å². The van der Waals surface area contributed by atoms with Crippen LogP contribution in [0.4, 0.5) is 35.0 Å². The first-order valence-electron chi connectivity index (χ1n) is 8.60. The first kappa shape index (κ1) is 21.1. The van der Waals surface area contributed by atoms with Crippen LogP contribution in [0.3, 0.4) is 0 Å². The van der Waals surface area contributed by atoms with Gasteiger partial charge in [0, 0.05) is 18.8 Å². The monoisotopic (exact) mass is 393 g/mol. The van der Waals surface area contributed by atoms with Gasteiger partial charge in [-0.3, -0.25) is 5.32 Å². The Morgan fingerprint density at radius 3 is 2.46 bits per heavy atom. The lowest BCUT2D eigenvalue weighted by atomic mass is 10.1. The summed E-state index contributed by atoms with van der Waals surface area (Å²) >= 11 is 0. The molecule has 2 aromatic carbocycles. The van der Waals surface area contributed by atoms with Gasteiger partial charge in [0.05, 0.1) is 23.5 Å². The molecule has 0 aromatic heterocycles. The predicted molar refractivity (Wildman–Crippen MR) is 104 cm³/mol. The smallest absolute Gasteiger partial charge is 0.416 e. The molecule has 8 heteroatoms. The maximum atomic E-state index is 12.7. The van der Waals surface area contributed by atoms with E-state index in [1.54, 1.807) is 31.2 Å². The van der Waals surface area contributed by atoms with Crippen LogP contribution in [0, 0.1) is 0 Å². The standard InChI is InChI=1S/C20H22F3N3O2/c1-3-11-26(13-14-5-7-15(8-6-14)20(21,22)23)16-9-10-18(17(24)12-16)25-19(27)28-4-2/h3,5-10,12H,1,4,11,13,24H2,2H3,(H,25,27). The van der Waals surface area contributed by atoms with E-state index in [1.165, 1.54) is 12.1 Å². The Bertz CT molecular complexity index is 820. The molecular weight excluding hydrogens is 371 g/mol. The van der Waals surface area contributed by atoms with Crippen molar-refractivity contribution in [3.05, 3.63) is 66.2 Å². The first-order valence-corrected chi connectivity index (χ1v) is 8.60. The normalized spacial score (nSPS) is 11.0. The van der Waals surface area contributed by atoms with Crippen molar-refractivity contribution in [2.24, 2.45) is 0 Å². The molecule has 0 heterocycles. The topological polar surface area (TPSA) is 67.6 Å². The van der Waals surface area contributed by atoms with Gasteiger partial charge in [0.25, 0.3) is 0 Å². The number of nitrogens with zero attached hydrogens (tertiary/aromatic N) is 1. The van der Waals surface area contributed by atoms with E-state index >= 15 is 0 Å². The van der Waals surface area contributed by atoms with Gasteiger partial charge in [0.1, 0.15) is 0 Å². The Morgan fingerprint density at radius 2 is 1.93 bits per heavy atom. The maximum Gasteiger partial charge on any atom is 0.416 e. The van der Waals surface area contributed by atoms with Crippen LogP contribution in [0.1, 0.15) is 18.1 Å². The zero-order valence-corrected chi connectivity index (χ0v) is 15.4. The molecule has 0 unspecified atom stereocenters. The molecule has 2 aromatic rings. The van der Waals surface area contributed by atoms with Crippen molar-refractivity contribution in [1.29, 1.82) is 0 Å². The maximum absolute atomic E-state index is 12.7. The molecule has 0 spiro atoms. The average molecular weight is 393 g/mol. The Morgan fingerprint density at radius 1 is 1.25 bits per heavy atom. The molecule has 5 nitrogen and oxygen atoms in total. The van der Waals surface area contributed by atoms with E-state index in [1.807, 2.05) is 4.90 Å². The zero-order chi connectivity index (χ0) is 20.7. The van der Waals surface area contributed by atoms with Crippen LogP contribution in [0.25, 0.3) is 0 Å². The summed E-state index contributed by atoms with van der Waals surface area (Å²) in [5.74, 6) is 0. The van der Waals surface area contributed by atoms with Gasteiger partial charge in [-0.15, -0.1) is 6.58 Å². The molecule has 0 fully saturated rings. The Hall–Kier alpha value is -3.16. The number of nitrogens with two attached hydrogens (primary N) is 1. The third-order valence-electron chi connectivity index (χ3n) is 3.92. The number of anilines is 3. The molecule has 2 rings (SSSR count). The minimum Gasteiger partial charge on any atom is -0.450 e. The van der Waals surface area contributed by atoms with Gasteiger partial charge < -0.3 is 15.4 Å². The summed E-state index contributed by atoms with van der Waals surface area (Å²) in [7, 11) is 0. The van der Waals surface area contributed by atoms with Gasteiger partial charge in [0.15, 0.2) is 0 Å². The van der Waals surface area contributed by atoms with Crippen LogP contribution in [0.15, 0.2) is 55.1 Å². The largest absolute Gasteiger partial charge is 0.450 e. The highest BCUT2D eigenvalue weighted by atomic mass is 19.4. The predicted octanol–water partition coefficient (Wildman–Crippen LogP) is 5.05. The molecule has 0 aliphatic carbocycles. The molecule has 28 heavy (non-hydrogen) atoms. The highest BCUT2D eigenvalue weighted by Crippen LogP contribution is 2.30. The fraction of sp³-hybridized carbons (Fsp3) is 0.250. The highest BCUT2D eigenvalue weighted by molar-refractivity contribution is 5.89. The van der Waals surface area contributed by atoms with Crippen LogP contribution in [0.2, 0.25) is 0 Å². The van der Waals surface area contributed by atoms with E-state index in [0.29, 0.717) is 30.0 Å². The van der Waals surface area contributed by atoms with E-state index in [9.17, 15) is 18.0 Å². The number of hydrogen-bond acceptors (Lipinski definition) is 4. The van der Waals surface area contributed by atoms with Crippen molar-refractivity contribution < 1.29 is 22.7 Å². The SMILES string of the molecule is C=CCN(Cc1ccc(C(F)(F)F)cc1)c1ccc(NC(=O)OCC)c(N)c1. The number of nitrogen functional groups attached to an aromatic ring is 1. The van der Waals surface area contributed by atoms with Crippen molar-refractivity contribution in [2.45, 2.75) is 19.6 Å². The number of benzene rings is 2. The van der Waals surface area contributed by atoms with Gasteiger partial charge in [-0.25, -0.2) is 4.79 Å². The zero-order valence-electron chi connectivity index (χ0n) is 15.4. The third-order valence-corrected chi connectivity index (χ3v) is 3.92. The Balaban J connectivity index is 2.18. The highest BCUT2D eigenvalue weighted by Gasteiger charge is 2.29. The second-order valence-electron chi connectivity index (χ2n) is 5.98. The molecule has 0 aliphatic rings. The molecule has 1 amide bonds. The number of carbonyl (C=O) groups is 1. The number of halogens is 3. The molecule has 0 radical (unpaired) electrons. The number of alkyl halides is 3. The lowest BCUT2D eigenvalue weighted by Gasteiger charge is -2.24. The molecule has 0 saturated heterocycles. The van der Waals surface area contributed by atoms with E-state index in [4.69, 9.17) is 10.5 Å². The van der Waals surface area contributed by atoms with E-state index in [0.717, 1.165) is 17.8 Å². The Labute approximate surface area is 161 Å². The van der Waals surface area contributed by atoms with Crippen LogP contribution in [-0.2, 0) is 17.5 Å². The van der Waals surface area contributed by atoms with Crippen molar-refractivity contribution in [1.82, 2.24) is 0 Å². The lowest BCUT2D eigenvalue weighted by molar-refractivity contribution is -0.137. The van der Waals surface area contributed by atoms with Gasteiger partial charge in [-0.05, 0) is 42.8 Å². The number of amides is 1. The number of ether oxygens (including phenoxy) is 1. The average Bonchev–Trinajstić information content (AvgIpc) is 2.63. The van der Waals surface area contributed by atoms with Gasteiger partial charge in [-0.2, -0.15) is 13.2 Å². The van der Waals surface area contributed by atoms with Gasteiger partial charge in [0.2, 0.25) is 0 Å². The summed E-state index contributed by atoms with van der Waals surface area (Å²) in [5, 5.41) is 2.55. The van der Waals surface area contributed by atoms with Crippen molar-refractivity contribution in [3.63, 3.8) is 0 Å². The number of rotatable bonds is 7. The molecule has 150 valence electrons. The molecular formula is C20H22F3N3O2. The molecule has 0 atom stereocenters. The van der Waals surface area contributed by atoms with Gasteiger partial charge >= 0.3 is 12.3 Å². The second kappa shape index (κ2) is 9.16. The van der Waals surface area contributed by atoms with Crippen molar-refractivity contribution >= 4 is 23.2 Å². The van der Waals surface area contributed by atoms with Crippen molar-refractivity contribution in [3.8, 4) is 0 Å². The molecule has 0 saturated carbocycles. The van der Waals surface area contributed by atoms with Crippen LogP contribution >= 0.6 is 0 Å². The first-order chi connectivity index (χ1) is 13.2. The Kier molecular flexibility index (Phi) is 6.92. The quantitative estimate of drug-likeness (QED) is 0.510. The van der Waals surface area contributed by atoms with E-state index in [-0.39, 0.29) is 6.61 Å². The van der Waals surface area contributed by atoms with Crippen LogP contribution < -0.4 is 16.0 Å². The summed E-state index contributed by atoms with van der Waals surface area (Å²) < 4.78 is 43.0. The second-order valence-corrected chi connectivity index (χ2v) is 5.98. The van der Waals surface area contributed by atoms with Gasteiger partial charge in [-0.1, -0.05) is 18.2 Å². The minimum atomic E-state index is -4.37. The molecule has 3 N–H and O–H groups in total. The minimum absolute atomic E-state index is 0.240. The third kappa shape index (κ3) is 5.67. The number of carbonyl (C=O) groups excluding carboxylic acids is 1. The summed E-state index contributed by atoms with van der Waals surface area (Å²) in [4.78, 5) is 13.4. The number of hydrogen-bond donors (Lipinski definition) is 2. The summed E-state index contributed by atoms with van der Waals surface area (Å²) in [5.41, 5.74) is 7.53. The number of nitrogens with one attached hydrogen (secondary N) is 1. The lowest BCUT2D eigenvalue weighted by Crippen LogP contribution is -2.23. The fourth-order valence-corrected chi connectivity index (χ4v) is 2.57. The summed E-state index contributed by atoms with van der Waals surface area (Å²) in [6.45, 7) is 6.49. The fourth-order valence-electron chi connectivity index (χ4n) is 2.57. The van der Waals surface area contributed by atoms with Crippen LogP contribution in [-0.4, -0.2) is 19.2 Å². The van der Waals surface area contributed by atoms with E-state index < -0.39 is 17.8 Å². The summed E-state index contributed by atoms with van der Waals surface area (Å²) in [6.07, 6.45) is -3.28. The van der Waals surface area contributed by atoms with E-state index in [2.05, 4.69) is 11.9 Å².